The fraction of sp³-hybridized carbons (Fsp3) is 0.500. The standard InChI is InChI=1S/C14H19BrN2O/c1-10(11-4-2-6-13(15)8-11)17-14(18)12-5-3-7-16-9-12/h2,4,6,8,10,12,16H,3,5,7,9H2,1H3,(H,17,18)/t10-,12+/m1/s1. The number of carbonyl (C=O) groups is 1. The molecule has 1 aliphatic heterocycles. The molecule has 0 bridgehead atoms. The first-order valence-corrected chi connectivity index (χ1v) is 7.22. The molecule has 18 heavy (non-hydrogen) atoms. The monoisotopic (exact) mass is 310 g/mol. The first kappa shape index (κ1) is 13.6. The maximum atomic E-state index is 12.1. The van der Waals surface area contributed by atoms with Gasteiger partial charge in [0, 0.05) is 11.0 Å². The van der Waals surface area contributed by atoms with Crippen LogP contribution < -0.4 is 10.6 Å². The Hall–Kier alpha value is -0.870. The van der Waals surface area contributed by atoms with Crippen LogP contribution in [0.4, 0.5) is 0 Å². The molecule has 1 saturated heterocycles. The topological polar surface area (TPSA) is 41.1 Å². The summed E-state index contributed by atoms with van der Waals surface area (Å²) in [6.45, 7) is 3.86. The van der Waals surface area contributed by atoms with Gasteiger partial charge < -0.3 is 10.6 Å². The Kier molecular flexibility index (Phi) is 4.78. The van der Waals surface area contributed by atoms with Crippen molar-refractivity contribution in [2.24, 2.45) is 5.92 Å². The molecule has 0 aromatic heterocycles. The average Bonchev–Trinajstić information content (AvgIpc) is 2.39. The van der Waals surface area contributed by atoms with Crippen molar-refractivity contribution in [2.45, 2.75) is 25.8 Å². The van der Waals surface area contributed by atoms with Gasteiger partial charge in [-0.2, -0.15) is 0 Å². The Morgan fingerprint density at radius 2 is 2.39 bits per heavy atom. The molecular formula is C14H19BrN2O. The van der Waals surface area contributed by atoms with Gasteiger partial charge in [-0.15, -0.1) is 0 Å². The number of benzene rings is 1. The van der Waals surface area contributed by atoms with Crippen molar-refractivity contribution in [3.63, 3.8) is 0 Å². The zero-order chi connectivity index (χ0) is 13.0. The van der Waals surface area contributed by atoms with Crippen molar-refractivity contribution in [3.8, 4) is 0 Å². The molecule has 3 nitrogen and oxygen atoms in total. The molecule has 4 heteroatoms. The summed E-state index contributed by atoms with van der Waals surface area (Å²) < 4.78 is 1.04. The third-order valence-corrected chi connectivity index (χ3v) is 3.87. The lowest BCUT2D eigenvalue weighted by Gasteiger charge is -2.24. The van der Waals surface area contributed by atoms with E-state index < -0.39 is 0 Å². The summed E-state index contributed by atoms with van der Waals surface area (Å²) in [5, 5.41) is 6.36. The summed E-state index contributed by atoms with van der Waals surface area (Å²) in [7, 11) is 0. The Labute approximate surface area is 116 Å². The Balaban J connectivity index is 1.94. The van der Waals surface area contributed by atoms with Crippen LogP contribution >= 0.6 is 15.9 Å². The molecule has 2 N–H and O–H groups in total. The summed E-state index contributed by atoms with van der Waals surface area (Å²) in [5.41, 5.74) is 1.13. The van der Waals surface area contributed by atoms with Crippen molar-refractivity contribution in [1.82, 2.24) is 10.6 Å². The fourth-order valence-corrected chi connectivity index (χ4v) is 2.68. The summed E-state index contributed by atoms with van der Waals surface area (Å²) in [6.07, 6.45) is 2.08. The number of piperidine rings is 1. The molecule has 1 fully saturated rings. The van der Waals surface area contributed by atoms with Crippen molar-refractivity contribution in [1.29, 1.82) is 0 Å². The summed E-state index contributed by atoms with van der Waals surface area (Å²) in [5.74, 6) is 0.281. The van der Waals surface area contributed by atoms with E-state index in [9.17, 15) is 4.79 Å². The summed E-state index contributed by atoms with van der Waals surface area (Å²) in [4.78, 5) is 12.1. The van der Waals surface area contributed by atoms with E-state index in [2.05, 4.69) is 26.6 Å². The van der Waals surface area contributed by atoms with E-state index in [0.717, 1.165) is 36.0 Å². The average molecular weight is 311 g/mol. The summed E-state index contributed by atoms with van der Waals surface area (Å²) in [6, 6.07) is 8.11. The van der Waals surface area contributed by atoms with Crippen LogP contribution in [-0.4, -0.2) is 19.0 Å². The van der Waals surface area contributed by atoms with Gasteiger partial charge in [0.15, 0.2) is 0 Å². The highest BCUT2D eigenvalue weighted by Crippen LogP contribution is 2.19. The lowest BCUT2D eigenvalue weighted by atomic mass is 9.98. The number of hydrogen-bond donors (Lipinski definition) is 2. The number of nitrogens with one attached hydrogen (secondary N) is 2. The Morgan fingerprint density at radius 1 is 1.56 bits per heavy atom. The molecule has 1 amide bonds. The largest absolute Gasteiger partial charge is 0.349 e. The van der Waals surface area contributed by atoms with Gasteiger partial charge in [-0.25, -0.2) is 0 Å². The minimum Gasteiger partial charge on any atom is -0.349 e. The van der Waals surface area contributed by atoms with Crippen molar-refractivity contribution in [3.05, 3.63) is 34.3 Å². The number of amides is 1. The molecule has 0 unspecified atom stereocenters. The highest BCUT2D eigenvalue weighted by atomic mass is 79.9. The van der Waals surface area contributed by atoms with E-state index >= 15 is 0 Å². The van der Waals surface area contributed by atoms with Crippen molar-refractivity contribution >= 4 is 21.8 Å². The Bertz CT molecular complexity index is 416. The van der Waals surface area contributed by atoms with Gasteiger partial charge in [0.05, 0.1) is 12.0 Å². The van der Waals surface area contributed by atoms with Crippen LogP contribution in [0.1, 0.15) is 31.4 Å². The first-order chi connectivity index (χ1) is 8.66. The third kappa shape index (κ3) is 3.56. The first-order valence-electron chi connectivity index (χ1n) is 6.43. The van der Waals surface area contributed by atoms with Gasteiger partial charge >= 0.3 is 0 Å². The van der Waals surface area contributed by atoms with Gasteiger partial charge in [-0.05, 0) is 44.0 Å². The molecule has 0 spiro atoms. The van der Waals surface area contributed by atoms with Crippen LogP contribution in [0.5, 0.6) is 0 Å². The molecule has 2 rings (SSSR count). The molecule has 0 radical (unpaired) electrons. The lowest BCUT2D eigenvalue weighted by Crippen LogP contribution is -2.41. The maximum Gasteiger partial charge on any atom is 0.224 e. The quantitative estimate of drug-likeness (QED) is 0.901. The normalized spacial score (nSPS) is 21.3. The van der Waals surface area contributed by atoms with Crippen molar-refractivity contribution < 1.29 is 4.79 Å². The highest BCUT2D eigenvalue weighted by molar-refractivity contribution is 9.10. The predicted molar refractivity (Wildman–Crippen MR) is 76.3 cm³/mol. The van der Waals surface area contributed by atoms with Gasteiger partial charge in [0.2, 0.25) is 5.91 Å². The van der Waals surface area contributed by atoms with Gasteiger partial charge in [-0.3, -0.25) is 4.79 Å². The smallest absolute Gasteiger partial charge is 0.224 e. The maximum absolute atomic E-state index is 12.1. The van der Waals surface area contributed by atoms with E-state index in [1.807, 2.05) is 31.2 Å². The molecule has 1 heterocycles. The third-order valence-electron chi connectivity index (χ3n) is 3.38. The van der Waals surface area contributed by atoms with E-state index in [-0.39, 0.29) is 17.9 Å². The molecule has 0 saturated carbocycles. The van der Waals surface area contributed by atoms with Crippen molar-refractivity contribution in [2.75, 3.05) is 13.1 Å². The Morgan fingerprint density at radius 3 is 3.06 bits per heavy atom. The molecule has 98 valence electrons. The number of carbonyl (C=O) groups excluding carboxylic acids is 1. The zero-order valence-corrected chi connectivity index (χ0v) is 12.2. The molecule has 1 aromatic carbocycles. The van der Waals surface area contributed by atoms with E-state index in [1.54, 1.807) is 0 Å². The minimum absolute atomic E-state index is 0.0527. The zero-order valence-electron chi connectivity index (χ0n) is 10.6. The van der Waals surface area contributed by atoms with E-state index in [1.165, 1.54) is 0 Å². The van der Waals surface area contributed by atoms with Gasteiger partial charge in [0.25, 0.3) is 0 Å². The molecule has 0 aliphatic carbocycles. The van der Waals surface area contributed by atoms with E-state index in [0.29, 0.717) is 0 Å². The second-order valence-electron chi connectivity index (χ2n) is 4.83. The van der Waals surface area contributed by atoms with Crippen LogP contribution in [0.25, 0.3) is 0 Å². The SMILES string of the molecule is C[C@@H](NC(=O)[C@H]1CCCNC1)c1cccc(Br)c1. The second-order valence-corrected chi connectivity index (χ2v) is 5.74. The van der Waals surface area contributed by atoms with E-state index in [4.69, 9.17) is 0 Å². The second kappa shape index (κ2) is 6.34. The minimum atomic E-state index is 0.0527. The van der Waals surface area contributed by atoms with Crippen LogP contribution in [0.15, 0.2) is 28.7 Å². The highest BCUT2D eigenvalue weighted by Gasteiger charge is 2.22. The van der Waals surface area contributed by atoms with Gasteiger partial charge in [0.1, 0.15) is 0 Å². The predicted octanol–water partition coefficient (Wildman–Crippen LogP) is 2.63. The van der Waals surface area contributed by atoms with Gasteiger partial charge in [-0.1, -0.05) is 28.1 Å². The summed E-state index contributed by atoms with van der Waals surface area (Å²) >= 11 is 3.45. The van der Waals surface area contributed by atoms with Crippen LogP contribution in [0, 0.1) is 5.92 Å². The molecule has 1 aliphatic rings. The number of rotatable bonds is 3. The fourth-order valence-electron chi connectivity index (χ4n) is 2.27. The lowest BCUT2D eigenvalue weighted by molar-refractivity contribution is -0.126. The number of hydrogen-bond acceptors (Lipinski definition) is 2. The van der Waals surface area contributed by atoms with Crippen LogP contribution in [-0.2, 0) is 4.79 Å². The molecular weight excluding hydrogens is 292 g/mol. The molecule has 1 aromatic rings. The van der Waals surface area contributed by atoms with Crippen LogP contribution in [0.3, 0.4) is 0 Å². The molecule has 2 atom stereocenters. The number of halogens is 1. The van der Waals surface area contributed by atoms with Crippen LogP contribution in [0.2, 0.25) is 0 Å².